The zero-order valence-corrected chi connectivity index (χ0v) is 16.9. The third-order valence-electron chi connectivity index (χ3n) is 4.27. The van der Waals surface area contributed by atoms with Gasteiger partial charge in [0.1, 0.15) is 6.54 Å². The van der Waals surface area contributed by atoms with Gasteiger partial charge >= 0.3 is 6.18 Å². The number of benzene rings is 2. The molecule has 2 aromatic rings. The Kier molecular flexibility index (Phi) is 7.29. The number of halogens is 3. The van der Waals surface area contributed by atoms with Crippen molar-refractivity contribution >= 4 is 21.6 Å². The number of nitrogens with zero attached hydrogens (tertiary/aromatic N) is 1. The summed E-state index contributed by atoms with van der Waals surface area (Å²) in [6, 6.07) is 13.3. The Bertz CT molecular complexity index is 931. The number of rotatable bonds is 8. The number of aryl methyl sites for hydroxylation is 1. The fraction of sp³-hybridized carbons (Fsp3) is 0.350. The summed E-state index contributed by atoms with van der Waals surface area (Å²) in [5.41, 5.74) is -0.0926. The van der Waals surface area contributed by atoms with Crippen LogP contribution in [0.1, 0.15) is 24.5 Å². The van der Waals surface area contributed by atoms with Gasteiger partial charge in [0.05, 0.1) is 17.5 Å². The molecule has 0 spiro atoms. The summed E-state index contributed by atoms with van der Waals surface area (Å²) in [6.45, 7) is 1.19. The van der Waals surface area contributed by atoms with Crippen LogP contribution in [0, 0.1) is 0 Å². The van der Waals surface area contributed by atoms with Crippen molar-refractivity contribution in [2.45, 2.75) is 32.0 Å². The van der Waals surface area contributed by atoms with E-state index in [1.54, 1.807) is 6.92 Å². The first-order chi connectivity index (χ1) is 13.5. The SMILES string of the molecule is C[C@H](CCc1ccccc1)NC(=O)CN(c1cccc(C(F)(F)F)c1)S(C)(=O)=O. The molecule has 9 heteroatoms. The molecule has 0 aromatic heterocycles. The lowest BCUT2D eigenvalue weighted by molar-refractivity contribution is -0.137. The number of hydrogen-bond acceptors (Lipinski definition) is 3. The normalized spacial score (nSPS) is 13.0. The van der Waals surface area contributed by atoms with Crippen LogP contribution in [0.5, 0.6) is 0 Å². The highest BCUT2D eigenvalue weighted by Crippen LogP contribution is 2.32. The summed E-state index contributed by atoms with van der Waals surface area (Å²) in [6.07, 6.45) is -2.41. The van der Waals surface area contributed by atoms with Gasteiger partial charge in [0.2, 0.25) is 15.9 Å². The Hall–Kier alpha value is -2.55. The maximum atomic E-state index is 12.9. The maximum absolute atomic E-state index is 12.9. The van der Waals surface area contributed by atoms with Crippen LogP contribution in [0.4, 0.5) is 18.9 Å². The number of anilines is 1. The van der Waals surface area contributed by atoms with Gasteiger partial charge in [0, 0.05) is 6.04 Å². The van der Waals surface area contributed by atoms with E-state index in [1.165, 1.54) is 6.07 Å². The topological polar surface area (TPSA) is 66.5 Å². The second-order valence-corrected chi connectivity index (χ2v) is 8.72. The Morgan fingerprint density at radius 1 is 1.10 bits per heavy atom. The van der Waals surface area contributed by atoms with E-state index in [2.05, 4.69) is 5.32 Å². The molecule has 0 unspecified atom stereocenters. The van der Waals surface area contributed by atoms with Crippen LogP contribution < -0.4 is 9.62 Å². The molecule has 29 heavy (non-hydrogen) atoms. The molecule has 2 aromatic carbocycles. The molecule has 0 saturated carbocycles. The Labute approximate surface area is 168 Å². The average molecular weight is 428 g/mol. The molecule has 2 rings (SSSR count). The first kappa shape index (κ1) is 22.7. The van der Waals surface area contributed by atoms with Crippen LogP contribution in [-0.4, -0.2) is 33.2 Å². The molecular formula is C20H23F3N2O3S. The van der Waals surface area contributed by atoms with Crippen LogP contribution in [0.15, 0.2) is 54.6 Å². The molecule has 0 bridgehead atoms. The summed E-state index contributed by atoms with van der Waals surface area (Å²) in [7, 11) is -3.96. The lowest BCUT2D eigenvalue weighted by Gasteiger charge is -2.24. The third kappa shape index (κ3) is 7.08. The summed E-state index contributed by atoms with van der Waals surface area (Å²) in [5, 5.41) is 2.70. The van der Waals surface area contributed by atoms with E-state index in [9.17, 15) is 26.4 Å². The Morgan fingerprint density at radius 3 is 2.34 bits per heavy atom. The van der Waals surface area contributed by atoms with Crippen molar-refractivity contribution in [3.8, 4) is 0 Å². The molecule has 158 valence electrons. The molecule has 1 N–H and O–H groups in total. The zero-order chi connectivity index (χ0) is 21.7. The monoisotopic (exact) mass is 428 g/mol. The lowest BCUT2D eigenvalue weighted by atomic mass is 10.1. The zero-order valence-electron chi connectivity index (χ0n) is 16.1. The Balaban J connectivity index is 2.06. The molecule has 1 atom stereocenters. The van der Waals surface area contributed by atoms with Crippen molar-refractivity contribution in [3.05, 3.63) is 65.7 Å². The van der Waals surface area contributed by atoms with Crippen molar-refractivity contribution in [2.24, 2.45) is 0 Å². The van der Waals surface area contributed by atoms with E-state index in [-0.39, 0.29) is 11.7 Å². The highest BCUT2D eigenvalue weighted by molar-refractivity contribution is 7.92. The van der Waals surface area contributed by atoms with Crippen molar-refractivity contribution in [3.63, 3.8) is 0 Å². The minimum absolute atomic E-state index is 0.214. The molecule has 0 radical (unpaired) electrons. The molecule has 1 amide bonds. The van der Waals surface area contributed by atoms with Gasteiger partial charge in [-0.25, -0.2) is 8.42 Å². The van der Waals surface area contributed by atoms with Gasteiger partial charge in [0.25, 0.3) is 0 Å². The first-order valence-corrected chi connectivity index (χ1v) is 10.8. The van der Waals surface area contributed by atoms with Crippen molar-refractivity contribution in [1.29, 1.82) is 0 Å². The standard InChI is InChI=1S/C20H23F3N2O3S/c1-15(11-12-16-7-4-3-5-8-16)24-19(26)14-25(29(2,27)28)18-10-6-9-17(13-18)20(21,22)23/h3-10,13,15H,11-12,14H2,1-2H3,(H,24,26)/t15-/m1/s1. The minimum Gasteiger partial charge on any atom is -0.352 e. The highest BCUT2D eigenvalue weighted by Gasteiger charge is 2.32. The molecule has 0 aliphatic carbocycles. The molecule has 0 aliphatic rings. The predicted molar refractivity (Wildman–Crippen MR) is 106 cm³/mol. The molecular weight excluding hydrogens is 405 g/mol. The van der Waals surface area contributed by atoms with Crippen molar-refractivity contribution in [1.82, 2.24) is 5.32 Å². The van der Waals surface area contributed by atoms with Gasteiger partial charge in [-0.3, -0.25) is 9.10 Å². The van der Waals surface area contributed by atoms with Gasteiger partial charge in [-0.1, -0.05) is 36.4 Å². The van der Waals surface area contributed by atoms with Crippen LogP contribution in [0.2, 0.25) is 0 Å². The van der Waals surface area contributed by atoms with Crippen LogP contribution in [-0.2, 0) is 27.4 Å². The smallest absolute Gasteiger partial charge is 0.352 e. The van der Waals surface area contributed by atoms with Gasteiger partial charge in [-0.2, -0.15) is 13.2 Å². The second-order valence-electron chi connectivity index (χ2n) is 6.81. The lowest BCUT2D eigenvalue weighted by Crippen LogP contribution is -2.43. The van der Waals surface area contributed by atoms with Crippen LogP contribution >= 0.6 is 0 Å². The summed E-state index contributed by atoms with van der Waals surface area (Å²) >= 11 is 0. The van der Waals surface area contributed by atoms with E-state index in [0.717, 1.165) is 30.4 Å². The molecule has 0 fully saturated rings. The highest BCUT2D eigenvalue weighted by atomic mass is 32.2. The minimum atomic E-state index is -4.62. The van der Waals surface area contributed by atoms with E-state index in [4.69, 9.17) is 0 Å². The average Bonchev–Trinajstić information content (AvgIpc) is 2.64. The molecule has 0 saturated heterocycles. The predicted octanol–water partition coefficient (Wildman–Crippen LogP) is 3.61. The molecule has 0 heterocycles. The second kappa shape index (κ2) is 9.30. The Morgan fingerprint density at radius 2 is 1.76 bits per heavy atom. The molecule has 5 nitrogen and oxygen atoms in total. The first-order valence-electron chi connectivity index (χ1n) is 8.95. The van der Waals surface area contributed by atoms with Gasteiger partial charge < -0.3 is 5.32 Å². The third-order valence-corrected chi connectivity index (χ3v) is 5.41. The van der Waals surface area contributed by atoms with Crippen molar-refractivity contribution in [2.75, 3.05) is 17.1 Å². The molecule has 0 aliphatic heterocycles. The van der Waals surface area contributed by atoms with Crippen LogP contribution in [0.25, 0.3) is 0 Å². The number of sulfonamides is 1. The number of amides is 1. The van der Waals surface area contributed by atoms with Gasteiger partial charge in [0.15, 0.2) is 0 Å². The van der Waals surface area contributed by atoms with Gasteiger partial charge in [-0.15, -0.1) is 0 Å². The number of alkyl halides is 3. The largest absolute Gasteiger partial charge is 0.416 e. The van der Waals surface area contributed by atoms with Crippen molar-refractivity contribution < 1.29 is 26.4 Å². The van der Waals surface area contributed by atoms with Crippen LogP contribution in [0.3, 0.4) is 0 Å². The summed E-state index contributed by atoms with van der Waals surface area (Å²) < 4.78 is 63.7. The van der Waals surface area contributed by atoms with E-state index in [0.29, 0.717) is 16.8 Å². The van der Waals surface area contributed by atoms with E-state index < -0.39 is 34.2 Å². The van der Waals surface area contributed by atoms with Gasteiger partial charge in [-0.05, 0) is 43.5 Å². The fourth-order valence-corrected chi connectivity index (χ4v) is 3.64. The number of carbonyl (C=O) groups is 1. The van der Waals surface area contributed by atoms with E-state index in [1.807, 2.05) is 30.3 Å². The summed E-state index contributed by atoms with van der Waals surface area (Å²) in [4.78, 5) is 12.3. The van der Waals surface area contributed by atoms with E-state index >= 15 is 0 Å². The summed E-state index contributed by atoms with van der Waals surface area (Å²) in [5.74, 6) is -0.589. The number of hydrogen-bond donors (Lipinski definition) is 1. The quantitative estimate of drug-likeness (QED) is 0.699. The fourth-order valence-electron chi connectivity index (χ4n) is 2.79. The number of nitrogens with one attached hydrogen (secondary N) is 1. The maximum Gasteiger partial charge on any atom is 0.416 e. The number of carbonyl (C=O) groups excluding carboxylic acids is 1.